The van der Waals surface area contributed by atoms with E-state index in [-0.39, 0.29) is 18.4 Å². The van der Waals surface area contributed by atoms with E-state index in [1.165, 1.54) is 10.9 Å². The number of nitrogens with zero attached hydrogens (tertiary/aromatic N) is 3. The van der Waals surface area contributed by atoms with Gasteiger partial charge in [-0.25, -0.2) is 0 Å². The molecule has 0 bridgehead atoms. The number of carbonyl (C=O) groups excluding carboxylic acids is 2. The summed E-state index contributed by atoms with van der Waals surface area (Å²) < 4.78 is 6.50. The fourth-order valence-electron chi connectivity index (χ4n) is 3.24. The fourth-order valence-corrected chi connectivity index (χ4v) is 3.24. The Labute approximate surface area is 157 Å². The number of benzene rings is 1. The average Bonchev–Trinajstić information content (AvgIpc) is 3.05. The number of aromatic nitrogens is 2. The minimum atomic E-state index is -0.951. The Morgan fingerprint density at radius 2 is 2.00 bits per heavy atom. The second-order valence-electron chi connectivity index (χ2n) is 6.86. The molecule has 2 amide bonds. The van der Waals surface area contributed by atoms with Crippen molar-refractivity contribution in [2.24, 2.45) is 11.3 Å². The molecule has 1 heterocycles. The lowest BCUT2D eigenvalue weighted by Crippen LogP contribution is -2.44. The first-order chi connectivity index (χ1) is 12.9. The first kappa shape index (κ1) is 18.5. The molecular weight excluding hydrogens is 346 g/mol. The number of nitriles is 1. The van der Waals surface area contributed by atoms with Crippen molar-refractivity contribution < 1.29 is 14.3 Å². The highest BCUT2D eigenvalue weighted by atomic mass is 16.5. The van der Waals surface area contributed by atoms with Gasteiger partial charge in [0.15, 0.2) is 0 Å². The Bertz CT molecular complexity index is 875. The van der Waals surface area contributed by atoms with Crippen LogP contribution in [0.25, 0.3) is 0 Å². The monoisotopic (exact) mass is 367 g/mol. The topological polar surface area (TPSA) is 109 Å². The zero-order valence-electron chi connectivity index (χ0n) is 15.2. The van der Waals surface area contributed by atoms with E-state index in [9.17, 15) is 14.9 Å². The standard InChI is InChI=1S/C19H21N5O3/c1-13-7-19(8-13,12-20)18(26)23-15-9-21-24(10-15)11-17(25)22-14-3-5-16(27-2)6-4-14/h3-6,9-10,13H,7-8,11H2,1-2H3,(H,22,25)(H,23,26). The summed E-state index contributed by atoms with van der Waals surface area (Å²) in [6.07, 6.45) is 4.16. The van der Waals surface area contributed by atoms with Gasteiger partial charge in [-0.3, -0.25) is 14.3 Å². The predicted molar refractivity (Wildman–Crippen MR) is 98.9 cm³/mol. The smallest absolute Gasteiger partial charge is 0.246 e. The molecule has 0 unspecified atom stereocenters. The van der Waals surface area contributed by atoms with E-state index in [2.05, 4.69) is 21.8 Å². The highest BCUT2D eigenvalue weighted by Crippen LogP contribution is 2.45. The van der Waals surface area contributed by atoms with E-state index < -0.39 is 5.41 Å². The minimum Gasteiger partial charge on any atom is -0.497 e. The summed E-state index contributed by atoms with van der Waals surface area (Å²) in [5.41, 5.74) is 0.163. The SMILES string of the molecule is COc1ccc(NC(=O)Cn2cc(NC(=O)C3(C#N)CC(C)C3)cn2)cc1. The second-order valence-corrected chi connectivity index (χ2v) is 6.86. The third kappa shape index (κ3) is 4.08. The number of nitrogens with one attached hydrogen (secondary N) is 2. The summed E-state index contributed by atoms with van der Waals surface area (Å²) in [6, 6.07) is 9.12. The van der Waals surface area contributed by atoms with Crippen molar-refractivity contribution in [3.8, 4) is 11.8 Å². The molecule has 8 heteroatoms. The number of ether oxygens (including phenoxy) is 1. The number of rotatable bonds is 6. The van der Waals surface area contributed by atoms with Crippen LogP contribution in [-0.4, -0.2) is 28.7 Å². The van der Waals surface area contributed by atoms with Crippen LogP contribution in [0.3, 0.4) is 0 Å². The Morgan fingerprint density at radius 3 is 2.59 bits per heavy atom. The summed E-state index contributed by atoms with van der Waals surface area (Å²) in [5, 5.41) is 18.9. The van der Waals surface area contributed by atoms with Crippen molar-refractivity contribution in [2.45, 2.75) is 26.3 Å². The fraction of sp³-hybridized carbons (Fsp3) is 0.368. The third-order valence-corrected chi connectivity index (χ3v) is 4.61. The molecule has 2 N–H and O–H groups in total. The van der Waals surface area contributed by atoms with Crippen LogP contribution < -0.4 is 15.4 Å². The second kappa shape index (κ2) is 7.50. The Kier molecular flexibility index (Phi) is 5.12. The lowest BCUT2D eigenvalue weighted by atomic mass is 9.63. The minimum absolute atomic E-state index is 0.00231. The molecule has 140 valence electrons. The van der Waals surface area contributed by atoms with Gasteiger partial charge < -0.3 is 15.4 Å². The summed E-state index contributed by atoms with van der Waals surface area (Å²) in [4.78, 5) is 24.5. The largest absolute Gasteiger partial charge is 0.497 e. The van der Waals surface area contributed by atoms with Gasteiger partial charge in [-0.1, -0.05) is 6.92 Å². The summed E-state index contributed by atoms with van der Waals surface area (Å²) in [7, 11) is 1.58. The first-order valence-electron chi connectivity index (χ1n) is 8.63. The van der Waals surface area contributed by atoms with Crippen LogP contribution in [0.5, 0.6) is 5.75 Å². The zero-order chi connectivity index (χ0) is 19.4. The quantitative estimate of drug-likeness (QED) is 0.815. The van der Waals surface area contributed by atoms with Crippen LogP contribution >= 0.6 is 0 Å². The van der Waals surface area contributed by atoms with Gasteiger partial charge >= 0.3 is 0 Å². The maximum atomic E-state index is 12.4. The number of methoxy groups -OCH3 is 1. The van der Waals surface area contributed by atoms with E-state index in [4.69, 9.17) is 4.74 Å². The molecule has 0 atom stereocenters. The molecule has 1 aromatic heterocycles. The average molecular weight is 367 g/mol. The Hall–Kier alpha value is -3.34. The van der Waals surface area contributed by atoms with Gasteiger partial charge in [-0.05, 0) is 43.0 Å². The predicted octanol–water partition coefficient (Wildman–Crippen LogP) is 2.41. The molecular formula is C19H21N5O3. The highest BCUT2D eigenvalue weighted by molar-refractivity contribution is 5.97. The molecule has 0 saturated heterocycles. The van der Waals surface area contributed by atoms with Crippen molar-refractivity contribution in [1.29, 1.82) is 5.26 Å². The van der Waals surface area contributed by atoms with Crippen molar-refractivity contribution >= 4 is 23.2 Å². The van der Waals surface area contributed by atoms with Gasteiger partial charge in [-0.2, -0.15) is 10.4 Å². The lowest BCUT2D eigenvalue weighted by Gasteiger charge is -2.38. The first-order valence-corrected chi connectivity index (χ1v) is 8.63. The van der Waals surface area contributed by atoms with Crippen LogP contribution in [0.4, 0.5) is 11.4 Å². The molecule has 1 fully saturated rings. The van der Waals surface area contributed by atoms with Gasteiger partial charge in [-0.15, -0.1) is 0 Å². The molecule has 27 heavy (non-hydrogen) atoms. The maximum absolute atomic E-state index is 12.4. The molecule has 1 saturated carbocycles. The summed E-state index contributed by atoms with van der Waals surface area (Å²) in [5.74, 6) is 0.518. The normalized spacial score (nSPS) is 20.9. The summed E-state index contributed by atoms with van der Waals surface area (Å²) >= 11 is 0. The van der Waals surface area contributed by atoms with E-state index in [0.717, 1.165) is 0 Å². The Balaban J connectivity index is 1.55. The molecule has 0 radical (unpaired) electrons. The molecule has 1 aromatic carbocycles. The van der Waals surface area contributed by atoms with Gasteiger partial charge in [0, 0.05) is 11.9 Å². The van der Waals surface area contributed by atoms with Crippen molar-refractivity contribution in [1.82, 2.24) is 9.78 Å². The number of hydrogen-bond donors (Lipinski definition) is 2. The van der Waals surface area contributed by atoms with Gasteiger partial charge in [0.25, 0.3) is 0 Å². The van der Waals surface area contributed by atoms with Gasteiger partial charge in [0.2, 0.25) is 11.8 Å². The van der Waals surface area contributed by atoms with Crippen LogP contribution in [0.15, 0.2) is 36.7 Å². The van der Waals surface area contributed by atoms with Crippen LogP contribution in [0.2, 0.25) is 0 Å². The van der Waals surface area contributed by atoms with Crippen LogP contribution in [0.1, 0.15) is 19.8 Å². The number of hydrogen-bond acceptors (Lipinski definition) is 5. The van der Waals surface area contributed by atoms with E-state index in [0.29, 0.717) is 35.9 Å². The maximum Gasteiger partial charge on any atom is 0.246 e. The lowest BCUT2D eigenvalue weighted by molar-refractivity contribution is -0.128. The zero-order valence-corrected chi connectivity index (χ0v) is 15.2. The third-order valence-electron chi connectivity index (χ3n) is 4.61. The van der Waals surface area contributed by atoms with E-state index >= 15 is 0 Å². The van der Waals surface area contributed by atoms with Crippen LogP contribution in [-0.2, 0) is 16.1 Å². The van der Waals surface area contributed by atoms with Crippen LogP contribution in [0, 0.1) is 22.7 Å². The molecule has 2 aromatic rings. The van der Waals surface area contributed by atoms with Crippen molar-refractivity contribution in [3.05, 3.63) is 36.7 Å². The number of carbonyl (C=O) groups is 2. The number of anilines is 2. The summed E-state index contributed by atoms with van der Waals surface area (Å²) in [6.45, 7) is 2.02. The number of amides is 2. The highest BCUT2D eigenvalue weighted by Gasteiger charge is 2.49. The van der Waals surface area contributed by atoms with Crippen molar-refractivity contribution in [3.63, 3.8) is 0 Å². The molecule has 1 aliphatic rings. The molecule has 3 rings (SSSR count). The van der Waals surface area contributed by atoms with E-state index in [1.807, 2.05) is 6.92 Å². The molecule has 1 aliphatic carbocycles. The van der Waals surface area contributed by atoms with Gasteiger partial charge in [0.05, 0.1) is 25.1 Å². The molecule has 8 nitrogen and oxygen atoms in total. The van der Waals surface area contributed by atoms with Gasteiger partial charge in [0.1, 0.15) is 17.7 Å². The van der Waals surface area contributed by atoms with Crippen molar-refractivity contribution in [2.75, 3.05) is 17.7 Å². The van der Waals surface area contributed by atoms with E-state index in [1.54, 1.807) is 37.6 Å². The Morgan fingerprint density at radius 1 is 1.30 bits per heavy atom. The molecule has 0 spiro atoms. The molecule has 0 aliphatic heterocycles.